The van der Waals surface area contributed by atoms with Gasteiger partial charge in [0.1, 0.15) is 17.1 Å². The van der Waals surface area contributed by atoms with E-state index in [0.717, 1.165) is 16.2 Å². The molecule has 0 aliphatic rings. The Balaban J connectivity index is 1.84. The Morgan fingerprint density at radius 2 is 1.79 bits per heavy atom. The SMILES string of the molecule is CCCOc1ccc(Nc2ncc(C(F)(F)F)c(Nc3cccc(I)c3)n2)cc1. The molecule has 0 amide bonds. The molecule has 0 radical (unpaired) electrons. The van der Waals surface area contributed by atoms with Crippen molar-refractivity contribution in [1.29, 1.82) is 0 Å². The number of hydrogen-bond donors (Lipinski definition) is 2. The first-order valence-electron chi connectivity index (χ1n) is 8.82. The minimum atomic E-state index is -4.58. The number of alkyl halides is 3. The van der Waals surface area contributed by atoms with Crippen molar-refractivity contribution in [1.82, 2.24) is 9.97 Å². The predicted octanol–water partition coefficient (Wildman–Crippen LogP) is 6.38. The van der Waals surface area contributed by atoms with Crippen LogP contribution in [0.15, 0.2) is 54.7 Å². The molecule has 0 bridgehead atoms. The molecule has 0 unspecified atom stereocenters. The molecule has 9 heteroatoms. The number of anilines is 4. The summed E-state index contributed by atoms with van der Waals surface area (Å²) in [6, 6.07) is 14.0. The Morgan fingerprint density at radius 1 is 1.03 bits per heavy atom. The zero-order valence-electron chi connectivity index (χ0n) is 15.4. The van der Waals surface area contributed by atoms with Crippen molar-refractivity contribution < 1.29 is 17.9 Å². The molecule has 3 aromatic rings. The minimum absolute atomic E-state index is 0.0494. The Kier molecular flexibility index (Phi) is 6.78. The van der Waals surface area contributed by atoms with E-state index in [2.05, 4.69) is 43.2 Å². The van der Waals surface area contributed by atoms with Crippen molar-refractivity contribution in [3.63, 3.8) is 0 Å². The summed E-state index contributed by atoms with van der Waals surface area (Å²) in [4.78, 5) is 7.86. The summed E-state index contributed by atoms with van der Waals surface area (Å²) in [7, 11) is 0. The zero-order chi connectivity index (χ0) is 20.9. The molecule has 0 atom stereocenters. The molecule has 0 aliphatic heterocycles. The number of hydrogen-bond acceptors (Lipinski definition) is 5. The molecule has 0 spiro atoms. The van der Waals surface area contributed by atoms with Crippen LogP contribution in [0.2, 0.25) is 0 Å². The molecule has 0 aliphatic carbocycles. The summed E-state index contributed by atoms with van der Waals surface area (Å²) < 4.78 is 46.5. The van der Waals surface area contributed by atoms with Crippen LogP contribution in [0.1, 0.15) is 18.9 Å². The molecule has 5 nitrogen and oxygen atoms in total. The molecule has 2 aromatic carbocycles. The molecule has 29 heavy (non-hydrogen) atoms. The van der Waals surface area contributed by atoms with E-state index in [0.29, 0.717) is 23.7 Å². The van der Waals surface area contributed by atoms with Gasteiger partial charge in [-0.1, -0.05) is 13.0 Å². The van der Waals surface area contributed by atoms with Gasteiger partial charge in [0.05, 0.1) is 6.61 Å². The minimum Gasteiger partial charge on any atom is -0.494 e. The third-order valence-corrected chi connectivity index (χ3v) is 4.44. The average molecular weight is 514 g/mol. The van der Waals surface area contributed by atoms with Crippen molar-refractivity contribution in [3.05, 3.63) is 63.9 Å². The monoisotopic (exact) mass is 514 g/mol. The number of nitrogens with one attached hydrogen (secondary N) is 2. The molecule has 0 saturated carbocycles. The fourth-order valence-electron chi connectivity index (χ4n) is 2.43. The van der Waals surface area contributed by atoms with Gasteiger partial charge in [0, 0.05) is 21.1 Å². The van der Waals surface area contributed by atoms with Crippen molar-refractivity contribution in [3.8, 4) is 5.75 Å². The molecule has 3 rings (SSSR count). The van der Waals surface area contributed by atoms with Crippen molar-refractivity contribution in [2.45, 2.75) is 19.5 Å². The summed E-state index contributed by atoms with van der Waals surface area (Å²) in [5.41, 5.74) is 0.198. The second kappa shape index (κ2) is 9.29. The highest BCUT2D eigenvalue weighted by Gasteiger charge is 2.35. The summed E-state index contributed by atoms with van der Waals surface area (Å²) >= 11 is 2.09. The van der Waals surface area contributed by atoms with Gasteiger partial charge in [-0.2, -0.15) is 18.2 Å². The quantitative estimate of drug-likeness (QED) is 0.359. The lowest BCUT2D eigenvalue weighted by Gasteiger charge is -2.15. The number of nitrogens with zero attached hydrogens (tertiary/aromatic N) is 2. The van der Waals surface area contributed by atoms with Crippen molar-refractivity contribution >= 4 is 45.7 Å². The van der Waals surface area contributed by atoms with E-state index in [-0.39, 0.29) is 11.8 Å². The smallest absolute Gasteiger partial charge is 0.421 e. The largest absolute Gasteiger partial charge is 0.494 e. The Bertz CT molecular complexity index is 965. The van der Waals surface area contributed by atoms with Gasteiger partial charge in [0.15, 0.2) is 0 Å². The first kappa shape index (κ1) is 21.2. The molecule has 1 aromatic heterocycles. The van der Waals surface area contributed by atoms with Gasteiger partial charge in [-0.15, -0.1) is 0 Å². The van der Waals surface area contributed by atoms with E-state index < -0.39 is 11.7 Å². The van der Waals surface area contributed by atoms with Crippen molar-refractivity contribution in [2.24, 2.45) is 0 Å². The molecular formula is C20H18F3IN4O. The molecule has 0 fully saturated rings. The second-order valence-electron chi connectivity index (χ2n) is 6.09. The molecule has 1 heterocycles. The van der Waals surface area contributed by atoms with E-state index >= 15 is 0 Å². The van der Waals surface area contributed by atoms with E-state index in [1.807, 2.05) is 13.0 Å². The third-order valence-electron chi connectivity index (χ3n) is 3.76. The van der Waals surface area contributed by atoms with Crippen LogP contribution in [-0.2, 0) is 6.18 Å². The van der Waals surface area contributed by atoms with E-state index in [4.69, 9.17) is 4.74 Å². The Morgan fingerprint density at radius 3 is 2.45 bits per heavy atom. The van der Waals surface area contributed by atoms with Crippen LogP contribution < -0.4 is 15.4 Å². The number of ether oxygens (including phenoxy) is 1. The van der Waals surface area contributed by atoms with Gasteiger partial charge in [-0.25, -0.2) is 4.98 Å². The van der Waals surface area contributed by atoms with Gasteiger partial charge < -0.3 is 15.4 Å². The second-order valence-corrected chi connectivity index (χ2v) is 7.33. The first-order chi connectivity index (χ1) is 13.8. The lowest BCUT2D eigenvalue weighted by Crippen LogP contribution is -2.12. The molecular weight excluding hydrogens is 496 g/mol. The number of halogens is 4. The Hall–Kier alpha value is -2.56. The van der Waals surface area contributed by atoms with Crippen LogP contribution in [0.5, 0.6) is 5.75 Å². The van der Waals surface area contributed by atoms with Crippen LogP contribution in [0.25, 0.3) is 0 Å². The molecule has 152 valence electrons. The maximum atomic E-state index is 13.4. The number of rotatable bonds is 7. The van der Waals surface area contributed by atoms with Crippen LogP contribution in [0.4, 0.5) is 36.3 Å². The highest BCUT2D eigenvalue weighted by Crippen LogP contribution is 2.35. The summed E-state index contributed by atoms with van der Waals surface area (Å²) in [5, 5.41) is 5.66. The number of aromatic nitrogens is 2. The number of benzene rings is 2. The van der Waals surface area contributed by atoms with Gasteiger partial charge in [0.25, 0.3) is 0 Å². The molecule has 0 saturated heterocycles. The maximum Gasteiger partial charge on any atom is 0.421 e. The van der Waals surface area contributed by atoms with Crippen LogP contribution in [-0.4, -0.2) is 16.6 Å². The lowest BCUT2D eigenvalue weighted by atomic mass is 10.2. The van der Waals surface area contributed by atoms with Gasteiger partial charge >= 0.3 is 6.18 Å². The average Bonchev–Trinajstić information content (AvgIpc) is 2.67. The zero-order valence-corrected chi connectivity index (χ0v) is 17.6. The fourth-order valence-corrected chi connectivity index (χ4v) is 2.97. The first-order valence-corrected chi connectivity index (χ1v) is 9.90. The summed E-state index contributed by atoms with van der Waals surface area (Å²) in [5.74, 6) is 0.444. The van der Waals surface area contributed by atoms with Crippen LogP contribution in [0, 0.1) is 3.57 Å². The Labute approximate surface area is 179 Å². The highest BCUT2D eigenvalue weighted by molar-refractivity contribution is 14.1. The summed E-state index contributed by atoms with van der Waals surface area (Å²) in [6.45, 7) is 2.63. The van der Waals surface area contributed by atoms with E-state index in [9.17, 15) is 13.2 Å². The lowest BCUT2D eigenvalue weighted by molar-refractivity contribution is -0.137. The molecule has 2 N–H and O–H groups in total. The normalized spacial score (nSPS) is 11.2. The van der Waals surface area contributed by atoms with Gasteiger partial charge in [-0.3, -0.25) is 0 Å². The predicted molar refractivity (Wildman–Crippen MR) is 115 cm³/mol. The highest BCUT2D eigenvalue weighted by atomic mass is 127. The fraction of sp³-hybridized carbons (Fsp3) is 0.200. The van der Waals surface area contributed by atoms with Crippen LogP contribution >= 0.6 is 22.6 Å². The summed E-state index contributed by atoms with van der Waals surface area (Å²) in [6.07, 6.45) is -2.92. The van der Waals surface area contributed by atoms with Crippen molar-refractivity contribution in [2.75, 3.05) is 17.2 Å². The van der Waals surface area contributed by atoms with E-state index in [1.54, 1.807) is 42.5 Å². The third kappa shape index (κ3) is 5.96. The van der Waals surface area contributed by atoms with Gasteiger partial charge in [0.2, 0.25) is 5.95 Å². The van der Waals surface area contributed by atoms with E-state index in [1.165, 1.54) is 0 Å². The standard InChI is InChI=1S/C20H18F3IN4O/c1-2-10-29-16-8-6-14(7-9-16)27-19-25-12-17(20(21,22)23)18(28-19)26-15-5-3-4-13(24)11-15/h3-9,11-12H,2,10H2,1H3,(H2,25,26,27,28). The maximum absolute atomic E-state index is 13.4. The topological polar surface area (TPSA) is 59.1 Å². The van der Waals surface area contributed by atoms with Gasteiger partial charge in [-0.05, 0) is 71.5 Å². The van der Waals surface area contributed by atoms with Crippen LogP contribution in [0.3, 0.4) is 0 Å².